The number of esters is 1. The quantitative estimate of drug-likeness (QED) is 0.464. The number of hydrogen-bond acceptors (Lipinski definition) is 3. The van der Waals surface area contributed by atoms with Crippen molar-refractivity contribution in [3.63, 3.8) is 0 Å². The Morgan fingerprint density at radius 3 is 1.93 bits per heavy atom. The normalized spacial score (nSPS) is 18.1. The summed E-state index contributed by atoms with van der Waals surface area (Å²) in [5.74, 6) is -0.728. The van der Waals surface area contributed by atoms with Gasteiger partial charge in [0.15, 0.2) is 0 Å². The van der Waals surface area contributed by atoms with Crippen molar-refractivity contribution in [2.45, 2.75) is 18.6 Å². The number of carbonyl (C=O) groups is 1. The van der Waals surface area contributed by atoms with E-state index >= 15 is 0 Å². The minimum absolute atomic E-state index is 0.328. The summed E-state index contributed by atoms with van der Waals surface area (Å²) in [6, 6.07) is 26.1. The van der Waals surface area contributed by atoms with Crippen molar-refractivity contribution < 1.29 is 13.9 Å². The zero-order chi connectivity index (χ0) is 21.2. The molecule has 4 rings (SSSR count). The number of halogens is 1. The van der Waals surface area contributed by atoms with Gasteiger partial charge in [-0.05, 0) is 30.7 Å². The standard InChI is InChI=1S/C24H21FNO2PS/c1-24(22-16-17-23(27)28-22,18-12-14-19(25)15-13-18)26-29(30,20-8-4-2-5-9-20)21-10-6-3-7-11-21/h2-17,22H,1H3,(H,26,30)/t22-,24+/m1/s1. The molecule has 1 aliphatic heterocycles. The molecule has 1 N–H and O–H groups in total. The number of carbonyl (C=O) groups excluding carboxylic acids is 1. The molecule has 3 aromatic rings. The van der Waals surface area contributed by atoms with Gasteiger partial charge >= 0.3 is 5.97 Å². The molecule has 0 saturated heterocycles. The van der Waals surface area contributed by atoms with Crippen LogP contribution in [0.25, 0.3) is 0 Å². The fourth-order valence-corrected chi connectivity index (χ4v) is 7.60. The van der Waals surface area contributed by atoms with Crippen LogP contribution in [0.5, 0.6) is 0 Å². The van der Waals surface area contributed by atoms with Crippen LogP contribution in [0.1, 0.15) is 12.5 Å². The number of hydrogen-bond donors (Lipinski definition) is 1. The minimum atomic E-state index is -2.53. The van der Waals surface area contributed by atoms with Crippen molar-refractivity contribution in [1.82, 2.24) is 5.09 Å². The smallest absolute Gasteiger partial charge is 0.331 e. The number of nitrogens with one attached hydrogen (secondary N) is 1. The molecule has 0 aromatic heterocycles. The molecule has 30 heavy (non-hydrogen) atoms. The van der Waals surface area contributed by atoms with E-state index in [1.165, 1.54) is 18.2 Å². The van der Waals surface area contributed by atoms with Gasteiger partial charge in [0.05, 0.1) is 11.7 Å². The van der Waals surface area contributed by atoms with Crippen molar-refractivity contribution in [3.05, 3.63) is 108 Å². The van der Waals surface area contributed by atoms with E-state index in [1.807, 2.05) is 67.6 Å². The summed E-state index contributed by atoms with van der Waals surface area (Å²) in [6.45, 7) is 1.95. The molecular weight excluding hydrogens is 416 g/mol. The molecule has 0 unspecified atom stereocenters. The molecule has 152 valence electrons. The van der Waals surface area contributed by atoms with Gasteiger partial charge in [-0.15, -0.1) is 0 Å². The molecule has 0 aliphatic carbocycles. The molecule has 0 amide bonds. The molecule has 1 heterocycles. The first-order valence-corrected chi connectivity index (χ1v) is 12.4. The van der Waals surface area contributed by atoms with E-state index in [1.54, 1.807) is 18.2 Å². The lowest BCUT2D eigenvalue weighted by atomic mass is 9.87. The second-order valence-corrected chi connectivity index (χ2v) is 11.4. The van der Waals surface area contributed by atoms with Gasteiger partial charge in [-0.1, -0.05) is 84.6 Å². The van der Waals surface area contributed by atoms with Crippen LogP contribution in [-0.2, 0) is 26.9 Å². The van der Waals surface area contributed by atoms with Gasteiger partial charge in [0, 0.05) is 16.7 Å². The number of benzene rings is 3. The molecule has 0 saturated carbocycles. The topological polar surface area (TPSA) is 38.3 Å². The second-order valence-electron chi connectivity index (χ2n) is 7.32. The third-order valence-corrected chi connectivity index (χ3v) is 9.66. The summed E-state index contributed by atoms with van der Waals surface area (Å²) in [5.41, 5.74) is -0.0771. The van der Waals surface area contributed by atoms with Gasteiger partial charge in [0.1, 0.15) is 11.9 Å². The van der Waals surface area contributed by atoms with Crippen molar-refractivity contribution in [2.24, 2.45) is 0 Å². The van der Waals surface area contributed by atoms with E-state index < -0.39 is 23.8 Å². The summed E-state index contributed by atoms with van der Waals surface area (Å²) in [6.07, 6.45) is 0.0406. The lowest BCUT2D eigenvalue weighted by Gasteiger charge is -2.40. The lowest BCUT2D eigenvalue weighted by molar-refractivity contribution is -0.141. The highest BCUT2D eigenvalue weighted by molar-refractivity contribution is 8.20. The SMILES string of the molecule is C[C@](NP(=S)(c1ccccc1)c1ccccc1)(c1ccc(F)cc1)[C@H]1C=CC(=O)O1. The lowest BCUT2D eigenvalue weighted by Crippen LogP contribution is -2.50. The fraction of sp³-hybridized carbons (Fsp3) is 0.125. The molecule has 1 aliphatic rings. The fourth-order valence-electron chi connectivity index (χ4n) is 3.65. The molecule has 0 fully saturated rings. The Hall–Kier alpha value is -2.59. The van der Waals surface area contributed by atoms with E-state index in [0.717, 1.165) is 16.2 Å². The first kappa shape index (κ1) is 20.7. The van der Waals surface area contributed by atoms with Crippen molar-refractivity contribution >= 4 is 34.6 Å². The van der Waals surface area contributed by atoms with Gasteiger partial charge in [0.2, 0.25) is 0 Å². The highest BCUT2D eigenvalue weighted by Gasteiger charge is 2.43. The average Bonchev–Trinajstić information content (AvgIpc) is 3.22. The van der Waals surface area contributed by atoms with Crippen LogP contribution >= 0.6 is 6.19 Å². The van der Waals surface area contributed by atoms with Gasteiger partial charge in [-0.2, -0.15) is 0 Å². The molecule has 3 nitrogen and oxygen atoms in total. The second kappa shape index (κ2) is 8.27. The van der Waals surface area contributed by atoms with Crippen LogP contribution in [0.4, 0.5) is 4.39 Å². The van der Waals surface area contributed by atoms with Crippen LogP contribution in [0, 0.1) is 5.82 Å². The Morgan fingerprint density at radius 1 is 0.933 bits per heavy atom. The van der Waals surface area contributed by atoms with Gasteiger partial charge in [-0.25, -0.2) is 9.18 Å². The van der Waals surface area contributed by atoms with Gasteiger partial charge in [-0.3, -0.25) is 5.09 Å². The predicted octanol–water partition coefficient (Wildman–Crippen LogP) is 4.16. The van der Waals surface area contributed by atoms with E-state index in [2.05, 4.69) is 5.09 Å². The number of rotatable bonds is 6. The maximum atomic E-state index is 13.6. The Labute approximate surface area is 180 Å². The van der Waals surface area contributed by atoms with Crippen LogP contribution in [0.15, 0.2) is 97.1 Å². The van der Waals surface area contributed by atoms with E-state index in [-0.39, 0.29) is 5.82 Å². The largest absolute Gasteiger partial charge is 0.453 e. The van der Waals surface area contributed by atoms with Crippen molar-refractivity contribution in [2.75, 3.05) is 0 Å². The van der Waals surface area contributed by atoms with Gasteiger partial charge < -0.3 is 4.74 Å². The monoisotopic (exact) mass is 437 g/mol. The maximum Gasteiger partial charge on any atom is 0.331 e. The van der Waals surface area contributed by atoms with Crippen LogP contribution in [-0.4, -0.2) is 12.1 Å². The Bertz CT molecular complexity index is 1080. The number of ether oxygens (including phenoxy) is 1. The van der Waals surface area contributed by atoms with Crippen LogP contribution < -0.4 is 15.7 Å². The third-order valence-electron chi connectivity index (χ3n) is 5.29. The molecule has 2 atom stereocenters. The van der Waals surface area contributed by atoms with E-state index in [0.29, 0.717) is 0 Å². The summed E-state index contributed by atoms with van der Waals surface area (Å²) in [5, 5.41) is 5.70. The van der Waals surface area contributed by atoms with Crippen LogP contribution in [0.2, 0.25) is 0 Å². The molecule has 0 radical (unpaired) electrons. The summed E-state index contributed by atoms with van der Waals surface area (Å²) >= 11 is 6.34. The van der Waals surface area contributed by atoms with Crippen molar-refractivity contribution in [3.8, 4) is 0 Å². The van der Waals surface area contributed by atoms with E-state index in [9.17, 15) is 9.18 Å². The zero-order valence-corrected chi connectivity index (χ0v) is 18.1. The first-order chi connectivity index (χ1) is 14.4. The molecular formula is C24H21FNO2PS. The maximum absolute atomic E-state index is 13.6. The Morgan fingerprint density at radius 2 is 1.47 bits per heavy atom. The summed E-state index contributed by atoms with van der Waals surface area (Å²) < 4.78 is 19.2. The Kier molecular flexibility index (Phi) is 5.70. The highest BCUT2D eigenvalue weighted by atomic mass is 32.4. The van der Waals surface area contributed by atoms with E-state index in [4.69, 9.17) is 16.5 Å². The summed E-state index contributed by atoms with van der Waals surface area (Å²) in [4.78, 5) is 11.9. The summed E-state index contributed by atoms with van der Waals surface area (Å²) in [7, 11) is 0. The predicted molar refractivity (Wildman–Crippen MR) is 122 cm³/mol. The van der Waals surface area contributed by atoms with Crippen molar-refractivity contribution in [1.29, 1.82) is 0 Å². The minimum Gasteiger partial charge on any atom is -0.453 e. The van der Waals surface area contributed by atoms with Gasteiger partial charge in [0.25, 0.3) is 0 Å². The first-order valence-electron chi connectivity index (χ1n) is 9.57. The number of cyclic esters (lactones) is 1. The molecule has 6 heteroatoms. The Balaban J connectivity index is 1.87. The molecule has 0 bridgehead atoms. The zero-order valence-electron chi connectivity index (χ0n) is 16.4. The molecule has 0 spiro atoms. The highest BCUT2D eigenvalue weighted by Crippen LogP contribution is 2.46. The van der Waals surface area contributed by atoms with Crippen LogP contribution in [0.3, 0.4) is 0 Å². The average molecular weight is 437 g/mol. The third kappa shape index (κ3) is 3.89. The molecule has 3 aromatic carbocycles.